The van der Waals surface area contributed by atoms with Crippen molar-refractivity contribution in [2.75, 3.05) is 19.7 Å². The molecule has 6 rings (SSSR count). The SMILES string of the molecule is C=C1CC[C@@]2(O)[C@H]3Cc4ccc(OCCCC)c5c4[C@@]2(CCN3CC2CC2)[C@H]1O5. The Morgan fingerprint density at radius 2 is 2.17 bits per heavy atom. The summed E-state index contributed by atoms with van der Waals surface area (Å²) in [5, 5.41) is 12.3. The van der Waals surface area contributed by atoms with Crippen LogP contribution in [0.4, 0.5) is 0 Å². The summed E-state index contributed by atoms with van der Waals surface area (Å²) in [6.45, 7) is 9.49. The summed E-state index contributed by atoms with van der Waals surface area (Å²) in [6, 6.07) is 4.55. The van der Waals surface area contributed by atoms with Gasteiger partial charge < -0.3 is 14.6 Å². The second-order valence-electron chi connectivity index (χ2n) is 10.1. The molecule has 0 aromatic heterocycles. The number of ether oxygens (including phenoxy) is 2. The van der Waals surface area contributed by atoms with Gasteiger partial charge in [0.25, 0.3) is 0 Å². The van der Waals surface area contributed by atoms with E-state index in [2.05, 4.69) is 30.5 Å². The molecule has 4 atom stereocenters. The maximum Gasteiger partial charge on any atom is 0.166 e. The Kier molecular flexibility index (Phi) is 3.93. The highest BCUT2D eigenvalue weighted by Gasteiger charge is 2.71. The highest BCUT2D eigenvalue weighted by Crippen LogP contribution is 2.66. The molecule has 3 aliphatic carbocycles. The lowest BCUT2D eigenvalue weighted by molar-refractivity contribution is -0.174. The van der Waals surface area contributed by atoms with E-state index < -0.39 is 5.60 Å². The van der Waals surface area contributed by atoms with Gasteiger partial charge in [0.2, 0.25) is 0 Å². The molecule has 2 saturated carbocycles. The summed E-state index contributed by atoms with van der Waals surface area (Å²) in [5.41, 5.74) is 2.68. The van der Waals surface area contributed by atoms with Crippen LogP contribution in [0.2, 0.25) is 0 Å². The number of rotatable bonds is 6. The molecule has 3 fully saturated rings. The van der Waals surface area contributed by atoms with Crippen molar-refractivity contribution in [2.24, 2.45) is 5.92 Å². The van der Waals surface area contributed by atoms with E-state index >= 15 is 0 Å². The van der Waals surface area contributed by atoms with Gasteiger partial charge in [-0.1, -0.05) is 26.0 Å². The van der Waals surface area contributed by atoms with Crippen LogP contribution in [0, 0.1) is 5.92 Å². The Balaban J connectivity index is 1.47. The first kappa shape index (κ1) is 18.3. The van der Waals surface area contributed by atoms with Crippen molar-refractivity contribution >= 4 is 0 Å². The van der Waals surface area contributed by atoms with Crippen LogP contribution < -0.4 is 9.47 Å². The van der Waals surface area contributed by atoms with Crippen LogP contribution in [0.1, 0.15) is 63.0 Å². The van der Waals surface area contributed by atoms with E-state index in [0.717, 1.165) is 74.6 Å². The highest BCUT2D eigenvalue weighted by atomic mass is 16.5. The zero-order valence-corrected chi connectivity index (χ0v) is 17.6. The van der Waals surface area contributed by atoms with Gasteiger partial charge in [-0.05, 0) is 74.6 Å². The van der Waals surface area contributed by atoms with E-state index in [1.165, 1.54) is 24.0 Å². The molecule has 0 radical (unpaired) electrons. The van der Waals surface area contributed by atoms with Gasteiger partial charge in [-0.25, -0.2) is 0 Å². The van der Waals surface area contributed by atoms with Crippen molar-refractivity contribution in [3.63, 3.8) is 0 Å². The minimum absolute atomic E-state index is 0.114. The molecular weight excluding hydrogens is 362 g/mol. The largest absolute Gasteiger partial charge is 0.490 e. The smallest absolute Gasteiger partial charge is 0.166 e. The number of hydrogen-bond acceptors (Lipinski definition) is 4. The maximum atomic E-state index is 12.3. The molecule has 156 valence electrons. The van der Waals surface area contributed by atoms with Crippen LogP contribution >= 0.6 is 0 Å². The highest BCUT2D eigenvalue weighted by molar-refractivity contribution is 5.64. The molecule has 5 aliphatic rings. The summed E-state index contributed by atoms with van der Waals surface area (Å²) in [6.07, 6.45) is 8.28. The van der Waals surface area contributed by atoms with Gasteiger partial charge in [0.05, 0.1) is 17.6 Å². The molecule has 2 bridgehead atoms. The molecule has 29 heavy (non-hydrogen) atoms. The summed E-state index contributed by atoms with van der Waals surface area (Å²) < 4.78 is 12.8. The van der Waals surface area contributed by atoms with Gasteiger partial charge in [-0.15, -0.1) is 0 Å². The van der Waals surface area contributed by atoms with E-state index in [0.29, 0.717) is 6.61 Å². The Morgan fingerprint density at radius 1 is 1.31 bits per heavy atom. The number of hydrogen-bond donors (Lipinski definition) is 1. The number of aliphatic hydroxyl groups is 1. The normalized spacial score (nSPS) is 37.2. The minimum atomic E-state index is -0.730. The van der Waals surface area contributed by atoms with Crippen LogP contribution in [0.25, 0.3) is 0 Å². The molecule has 4 nitrogen and oxygen atoms in total. The van der Waals surface area contributed by atoms with Gasteiger partial charge in [-0.3, -0.25) is 4.90 Å². The van der Waals surface area contributed by atoms with Gasteiger partial charge in [0.1, 0.15) is 6.10 Å². The van der Waals surface area contributed by atoms with Crippen LogP contribution in [-0.4, -0.2) is 47.4 Å². The van der Waals surface area contributed by atoms with Crippen molar-refractivity contribution in [1.82, 2.24) is 4.90 Å². The predicted octanol–water partition coefficient (Wildman–Crippen LogP) is 3.99. The lowest BCUT2D eigenvalue weighted by Crippen LogP contribution is -2.75. The van der Waals surface area contributed by atoms with Crippen molar-refractivity contribution in [2.45, 2.75) is 81.5 Å². The molecule has 1 saturated heterocycles. The Bertz CT molecular complexity index is 862. The standard InChI is InChI=1S/C25H33NO3/c1-3-4-13-28-19-8-7-18-14-20-25(27)10-9-16(2)23-24(25,21(18)22(19)29-23)11-12-26(20)15-17-5-6-17/h7-8,17,20,23,27H,2-6,9-15H2,1H3/t20-,23+,24+,25-/m1/s1. The minimum Gasteiger partial charge on any atom is -0.490 e. The number of piperidine rings is 1. The molecule has 1 aromatic rings. The van der Waals surface area contributed by atoms with Crippen molar-refractivity contribution in [1.29, 1.82) is 0 Å². The first-order chi connectivity index (χ1) is 14.1. The number of benzene rings is 1. The summed E-state index contributed by atoms with van der Waals surface area (Å²) in [5.74, 6) is 2.60. The molecular formula is C25H33NO3. The molecule has 0 unspecified atom stereocenters. The van der Waals surface area contributed by atoms with E-state index in [-0.39, 0.29) is 17.6 Å². The molecule has 1 aromatic carbocycles. The Labute approximate surface area is 173 Å². The van der Waals surface area contributed by atoms with Gasteiger partial charge in [0, 0.05) is 18.2 Å². The molecule has 2 aliphatic heterocycles. The fourth-order valence-corrected chi connectivity index (χ4v) is 6.82. The molecule has 2 heterocycles. The number of nitrogens with zero attached hydrogens (tertiary/aromatic N) is 1. The fraction of sp³-hybridized carbons (Fsp3) is 0.680. The Hall–Kier alpha value is -1.52. The van der Waals surface area contributed by atoms with Crippen LogP contribution in [0.15, 0.2) is 24.3 Å². The molecule has 1 spiro atoms. The lowest BCUT2D eigenvalue weighted by Gasteiger charge is -2.63. The monoisotopic (exact) mass is 395 g/mol. The number of unbranched alkanes of at least 4 members (excludes halogenated alkanes) is 1. The summed E-state index contributed by atoms with van der Waals surface area (Å²) in [4.78, 5) is 2.61. The third-order valence-electron chi connectivity index (χ3n) is 8.45. The average molecular weight is 396 g/mol. The second-order valence-corrected chi connectivity index (χ2v) is 10.1. The Morgan fingerprint density at radius 3 is 2.97 bits per heavy atom. The zero-order chi connectivity index (χ0) is 19.8. The van der Waals surface area contributed by atoms with Crippen LogP contribution in [0.3, 0.4) is 0 Å². The van der Waals surface area contributed by atoms with Gasteiger partial charge >= 0.3 is 0 Å². The predicted molar refractivity (Wildman–Crippen MR) is 113 cm³/mol. The fourth-order valence-electron chi connectivity index (χ4n) is 6.82. The second kappa shape index (κ2) is 6.24. The van der Waals surface area contributed by atoms with Crippen LogP contribution in [0.5, 0.6) is 11.5 Å². The average Bonchev–Trinajstić information content (AvgIpc) is 3.45. The third-order valence-corrected chi connectivity index (χ3v) is 8.45. The lowest BCUT2D eigenvalue weighted by atomic mass is 9.48. The molecule has 1 N–H and O–H groups in total. The first-order valence-electron chi connectivity index (χ1n) is 11.7. The van der Waals surface area contributed by atoms with Crippen molar-refractivity contribution in [3.05, 3.63) is 35.4 Å². The van der Waals surface area contributed by atoms with Crippen molar-refractivity contribution in [3.8, 4) is 11.5 Å². The quantitative estimate of drug-likeness (QED) is 0.584. The molecule has 4 heteroatoms. The van der Waals surface area contributed by atoms with Crippen molar-refractivity contribution < 1.29 is 14.6 Å². The third kappa shape index (κ3) is 2.33. The summed E-state index contributed by atoms with van der Waals surface area (Å²) in [7, 11) is 0. The molecule has 0 amide bonds. The summed E-state index contributed by atoms with van der Waals surface area (Å²) >= 11 is 0. The van der Waals surface area contributed by atoms with E-state index in [1.807, 2.05) is 0 Å². The van der Waals surface area contributed by atoms with Gasteiger partial charge in [-0.2, -0.15) is 0 Å². The topological polar surface area (TPSA) is 41.9 Å². The number of likely N-dealkylation sites (tertiary alicyclic amines) is 1. The zero-order valence-electron chi connectivity index (χ0n) is 17.6. The van der Waals surface area contributed by atoms with Crippen LogP contribution in [-0.2, 0) is 11.8 Å². The van der Waals surface area contributed by atoms with E-state index in [4.69, 9.17) is 9.47 Å². The first-order valence-corrected chi connectivity index (χ1v) is 11.7. The van der Waals surface area contributed by atoms with E-state index in [9.17, 15) is 5.11 Å². The van der Waals surface area contributed by atoms with Gasteiger partial charge in [0.15, 0.2) is 11.5 Å². The maximum absolute atomic E-state index is 12.3. The van der Waals surface area contributed by atoms with E-state index in [1.54, 1.807) is 0 Å².